The van der Waals surface area contributed by atoms with Crippen molar-refractivity contribution in [1.82, 2.24) is 5.32 Å². The van der Waals surface area contributed by atoms with E-state index >= 15 is 0 Å². The highest BCUT2D eigenvalue weighted by Gasteiger charge is 2.42. The van der Waals surface area contributed by atoms with Gasteiger partial charge >= 0.3 is 0 Å². The van der Waals surface area contributed by atoms with Crippen molar-refractivity contribution in [3.8, 4) is 0 Å². The van der Waals surface area contributed by atoms with Gasteiger partial charge in [0.05, 0.1) is 12.1 Å². The number of carbonyl (C=O) groups is 1. The Morgan fingerprint density at radius 1 is 1.45 bits per heavy atom. The van der Waals surface area contributed by atoms with Crippen LogP contribution in [0.15, 0.2) is 24.3 Å². The van der Waals surface area contributed by atoms with Crippen LogP contribution in [0, 0.1) is 11.7 Å². The first-order valence-corrected chi connectivity index (χ1v) is 7.12. The Morgan fingerprint density at radius 2 is 2.05 bits per heavy atom. The Balaban J connectivity index is 1.92. The van der Waals surface area contributed by atoms with Gasteiger partial charge < -0.3 is 10.4 Å². The van der Waals surface area contributed by atoms with Gasteiger partial charge in [0.25, 0.3) is 0 Å². The van der Waals surface area contributed by atoms with Crippen LogP contribution in [0.3, 0.4) is 0 Å². The maximum atomic E-state index is 12.9. The molecule has 2 N–H and O–H groups in total. The van der Waals surface area contributed by atoms with Gasteiger partial charge in [-0.15, -0.1) is 0 Å². The van der Waals surface area contributed by atoms with Crippen molar-refractivity contribution >= 4 is 5.91 Å². The largest absolute Gasteiger partial charge is 0.394 e. The molecule has 3 nitrogen and oxygen atoms in total. The Bertz CT molecular complexity index is 470. The highest BCUT2D eigenvalue weighted by molar-refractivity contribution is 5.77. The first-order valence-electron chi connectivity index (χ1n) is 7.12. The van der Waals surface area contributed by atoms with Gasteiger partial charge in [-0.25, -0.2) is 4.39 Å². The zero-order chi connectivity index (χ0) is 14.8. The lowest BCUT2D eigenvalue weighted by molar-refractivity contribution is -0.124. The third-order valence-electron chi connectivity index (χ3n) is 4.16. The predicted molar refractivity (Wildman–Crippen MR) is 75.8 cm³/mol. The normalized spacial score (nSPS) is 19.2. The molecular weight excluding hydrogens is 257 g/mol. The minimum atomic E-state index is -0.500. The number of nitrogens with one attached hydrogen (secondary N) is 1. The van der Waals surface area contributed by atoms with Crippen LogP contribution >= 0.6 is 0 Å². The molecule has 0 aliphatic heterocycles. The average molecular weight is 279 g/mol. The molecule has 1 aromatic carbocycles. The number of carbonyl (C=O) groups excluding carboxylic acids is 1. The Hall–Kier alpha value is -1.42. The van der Waals surface area contributed by atoms with Crippen molar-refractivity contribution in [3.05, 3.63) is 35.6 Å². The number of hydrogen-bond acceptors (Lipinski definition) is 2. The van der Waals surface area contributed by atoms with Crippen LogP contribution in [-0.4, -0.2) is 23.2 Å². The molecule has 0 spiro atoms. The van der Waals surface area contributed by atoms with E-state index in [-0.39, 0.29) is 24.2 Å². The maximum Gasteiger partial charge on any atom is 0.221 e. The molecule has 0 bridgehead atoms. The van der Waals surface area contributed by atoms with Gasteiger partial charge in [-0.05, 0) is 49.3 Å². The third kappa shape index (κ3) is 3.57. The molecule has 1 amide bonds. The standard InChI is InChI=1S/C16H22FNO2/c1-11(12-3-7-14(17)8-4-12)9-15(20)18-16(2,10-19)13-5-6-13/h3-4,7-8,11,13,19H,5-6,9-10H2,1-2H3,(H,18,20). The summed E-state index contributed by atoms with van der Waals surface area (Å²) in [5.74, 6) is 0.0765. The number of aliphatic hydroxyl groups is 1. The number of halogens is 1. The molecule has 0 heterocycles. The SMILES string of the molecule is CC(CC(=O)NC(C)(CO)C1CC1)c1ccc(F)cc1. The number of hydrogen-bond donors (Lipinski definition) is 2. The molecule has 2 unspecified atom stereocenters. The van der Waals surface area contributed by atoms with E-state index < -0.39 is 5.54 Å². The zero-order valence-corrected chi connectivity index (χ0v) is 12.0. The highest BCUT2D eigenvalue weighted by atomic mass is 19.1. The molecule has 1 aliphatic rings. The van der Waals surface area contributed by atoms with Crippen LogP contribution in [-0.2, 0) is 4.79 Å². The van der Waals surface area contributed by atoms with Crippen LogP contribution < -0.4 is 5.32 Å². The average Bonchev–Trinajstić information content (AvgIpc) is 3.23. The van der Waals surface area contributed by atoms with Crippen molar-refractivity contribution in [2.45, 2.75) is 44.6 Å². The van der Waals surface area contributed by atoms with Crippen LogP contribution in [0.2, 0.25) is 0 Å². The van der Waals surface area contributed by atoms with Gasteiger partial charge in [0.15, 0.2) is 0 Å². The monoisotopic (exact) mass is 279 g/mol. The van der Waals surface area contributed by atoms with E-state index in [1.807, 2.05) is 13.8 Å². The van der Waals surface area contributed by atoms with Crippen LogP contribution in [0.25, 0.3) is 0 Å². The van der Waals surface area contributed by atoms with Gasteiger partial charge in [0, 0.05) is 6.42 Å². The van der Waals surface area contributed by atoms with Crippen molar-refractivity contribution in [2.24, 2.45) is 5.92 Å². The smallest absolute Gasteiger partial charge is 0.221 e. The lowest BCUT2D eigenvalue weighted by Crippen LogP contribution is -2.50. The first-order chi connectivity index (χ1) is 9.44. The molecule has 20 heavy (non-hydrogen) atoms. The quantitative estimate of drug-likeness (QED) is 0.841. The van der Waals surface area contributed by atoms with E-state index in [9.17, 15) is 14.3 Å². The second kappa shape index (κ2) is 5.92. The third-order valence-corrected chi connectivity index (χ3v) is 4.16. The summed E-state index contributed by atoms with van der Waals surface area (Å²) in [7, 11) is 0. The zero-order valence-electron chi connectivity index (χ0n) is 12.0. The maximum absolute atomic E-state index is 12.9. The minimum Gasteiger partial charge on any atom is -0.394 e. The van der Waals surface area contributed by atoms with E-state index in [0.717, 1.165) is 18.4 Å². The second-order valence-electron chi connectivity index (χ2n) is 6.05. The Morgan fingerprint density at radius 3 is 2.55 bits per heavy atom. The number of benzene rings is 1. The highest BCUT2D eigenvalue weighted by Crippen LogP contribution is 2.39. The fraction of sp³-hybridized carbons (Fsp3) is 0.562. The molecule has 110 valence electrons. The second-order valence-corrected chi connectivity index (χ2v) is 6.05. The van der Waals surface area contributed by atoms with Gasteiger partial charge in [0.2, 0.25) is 5.91 Å². The topological polar surface area (TPSA) is 49.3 Å². The Labute approximate surface area is 119 Å². The van der Waals surface area contributed by atoms with Crippen LogP contribution in [0.1, 0.15) is 44.6 Å². The number of amides is 1. The van der Waals surface area contributed by atoms with Crippen molar-refractivity contribution in [2.75, 3.05) is 6.61 Å². The van der Waals surface area contributed by atoms with Gasteiger partial charge in [-0.3, -0.25) is 4.79 Å². The molecule has 0 aromatic heterocycles. The summed E-state index contributed by atoms with van der Waals surface area (Å²) in [4.78, 5) is 12.1. The summed E-state index contributed by atoms with van der Waals surface area (Å²) in [6, 6.07) is 6.23. The molecule has 1 aromatic rings. The lowest BCUT2D eigenvalue weighted by atomic mass is 9.94. The fourth-order valence-electron chi connectivity index (χ4n) is 2.55. The predicted octanol–water partition coefficient (Wildman–Crippen LogP) is 2.60. The van der Waals surface area contributed by atoms with Crippen molar-refractivity contribution in [1.29, 1.82) is 0 Å². The van der Waals surface area contributed by atoms with Gasteiger partial charge in [0.1, 0.15) is 5.82 Å². The summed E-state index contributed by atoms with van der Waals surface area (Å²) < 4.78 is 12.9. The summed E-state index contributed by atoms with van der Waals surface area (Å²) in [5.41, 5.74) is 0.443. The minimum absolute atomic E-state index is 0.0257. The number of rotatable bonds is 6. The molecule has 1 aliphatic carbocycles. The molecule has 2 atom stereocenters. The molecule has 1 saturated carbocycles. The van der Waals surface area contributed by atoms with Crippen molar-refractivity contribution in [3.63, 3.8) is 0 Å². The molecular formula is C16H22FNO2. The van der Waals surface area contributed by atoms with Crippen LogP contribution in [0.5, 0.6) is 0 Å². The van der Waals surface area contributed by atoms with Crippen molar-refractivity contribution < 1.29 is 14.3 Å². The van der Waals surface area contributed by atoms with E-state index in [4.69, 9.17) is 0 Å². The summed E-state index contributed by atoms with van der Waals surface area (Å²) in [6.07, 6.45) is 2.46. The molecule has 1 fully saturated rings. The van der Waals surface area contributed by atoms with Gasteiger partial charge in [-0.2, -0.15) is 0 Å². The van der Waals surface area contributed by atoms with Gasteiger partial charge in [-0.1, -0.05) is 19.1 Å². The molecule has 4 heteroatoms. The van der Waals surface area contributed by atoms with E-state index in [2.05, 4.69) is 5.32 Å². The molecule has 0 saturated heterocycles. The summed E-state index contributed by atoms with van der Waals surface area (Å²) in [5, 5.41) is 12.4. The van der Waals surface area contributed by atoms with Crippen LogP contribution in [0.4, 0.5) is 4.39 Å². The summed E-state index contributed by atoms with van der Waals surface area (Å²) in [6.45, 7) is 3.81. The molecule has 0 radical (unpaired) electrons. The van der Waals surface area contributed by atoms with E-state index in [1.165, 1.54) is 12.1 Å². The van der Waals surface area contributed by atoms with E-state index in [0.29, 0.717) is 12.3 Å². The molecule has 2 rings (SSSR count). The first kappa shape index (κ1) is 15.0. The fourth-order valence-corrected chi connectivity index (χ4v) is 2.55. The Kier molecular flexibility index (Phi) is 4.43. The lowest BCUT2D eigenvalue weighted by Gasteiger charge is -2.29. The van der Waals surface area contributed by atoms with E-state index in [1.54, 1.807) is 12.1 Å². The summed E-state index contributed by atoms with van der Waals surface area (Å²) >= 11 is 0. The number of aliphatic hydroxyl groups excluding tert-OH is 1.